The lowest BCUT2D eigenvalue weighted by molar-refractivity contribution is -0.120. The molecule has 1 N–H and O–H groups in total. The third kappa shape index (κ3) is 4.61. The molecule has 3 heteroatoms. The average Bonchev–Trinajstić information content (AvgIpc) is 2.49. The zero-order chi connectivity index (χ0) is 15.3. The summed E-state index contributed by atoms with van der Waals surface area (Å²) >= 11 is 5.84. The van der Waals surface area contributed by atoms with E-state index in [2.05, 4.69) is 31.3 Å². The predicted molar refractivity (Wildman–Crippen MR) is 87.6 cm³/mol. The van der Waals surface area contributed by atoms with E-state index in [1.165, 1.54) is 5.56 Å². The Bertz CT molecular complexity index is 590. The van der Waals surface area contributed by atoms with Gasteiger partial charge in [0.25, 0.3) is 0 Å². The molecule has 0 aliphatic carbocycles. The van der Waals surface area contributed by atoms with Crippen molar-refractivity contribution in [3.05, 3.63) is 70.7 Å². The highest BCUT2D eigenvalue weighted by Crippen LogP contribution is 2.21. The zero-order valence-electron chi connectivity index (χ0n) is 12.4. The summed E-state index contributed by atoms with van der Waals surface area (Å²) in [7, 11) is 0. The van der Waals surface area contributed by atoms with Crippen molar-refractivity contribution in [3.8, 4) is 0 Å². The molecule has 2 aromatic rings. The molecule has 0 radical (unpaired) electrons. The van der Waals surface area contributed by atoms with Gasteiger partial charge in [0.05, 0.1) is 6.42 Å². The van der Waals surface area contributed by atoms with E-state index in [4.69, 9.17) is 11.6 Å². The summed E-state index contributed by atoms with van der Waals surface area (Å²) in [5.41, 5.74) is 2.10. The summed E-state index contributed by atoms with van der Waals surface area (Å²) in [5, 5.41) is 3.70. The first-order valence-corrected chi connectivity index (χ1v) is 7.42. The van der Waals surface area contributed by atoms with Crippen LogP contribution in [0, 0.1) is 0 Å². The van der Waals surface area contributed by atoms with Crippen molar-refractivity contribution in [2.75, 3.05) is 6.54 Å². The van der Waals surface area contributed by atoms with Gasteiger partial charge in [0.1, 0.15) is 0 Å². The van der Waals surface area contributed by atoms with Crippen LogP contribution in [0.4, 0.5) is 0 Å². The molecule has 0 aromatic heterocycles. The lowest BCUT2D eigenvalue weighted by atomic mass is 9.84. The van der Waals surface area contributed by atoms with Gasteiger partial charge in [0.15, 0.2) is 0 Å². The molecule has 0 atom stereocenters. The van der Waals surface area contributed by atoms with Crippen LogP contribution in [-0.2, 0) is 16.6 Å². The molecule has 0 spiro atoms. The van der Waals surface area contributed by atoms with E-state index in [0.717, 1.165) is 5.56 Å². The van der Waals surface area contributed by atoms with Crippen molar-refractivity contribution < 1.29 is 4.79 Å². The third-order valence-electron chi connectivity index (χ3n) is 3.56. The number of carbonyl (C=O) groups is 1. The Kier molecular flexibility index (Phi) is 5.03. The normalized spacial score (nSPS) is 11.2. The molecule has 0 heterocycles. The molecule has 0 saturated carbocycles. The van der Waals surface area contributed by atoms with E-state index in [1.54, 1.807) is 12.1 Å². The second-order valence-corrected chi connectivity index (χ2v) is 6.27. The number of amides is 1. The molecule has 0 bridgehead atoms. The van der Waals surface area contributed by atoms with Crippen LogP contribution < -0.4 is 5.32 Å². The van der Waals surface area contributed by atoms with Crippen molar-refractivity contribution >= 4 is 17.5 Å². The fourth-order valence-electron chi connectivity index (χ4n) is 2.16. The quantitative estimate of drug-likeness (QED) is 0.889. The molecule has 1 amide bonds. The van der Waals surface area contributed by atoms with Gasteiger partial charge in [-0.2, -0.15) is 0 Å². The molecule has 2 nitrogen and oxygen atoms in total. The minimum absolute atomic E-state index is 0.0290. The van der Waals surface area contributed by atoms with E-state index in [9.17, 15) is 4.79 Å². The fraction of sp³-hybridized carbons (Fsp3) is 0.278. The second-order valence-electron chi connectivity index (χ2n) is 5.83. The van der Waals surface area contributed by atoms with Gasteiger partial charge in [-0.25, -0.2) is 0 Å². The molecule has 0 aliphatic heterocycles. The van der Waals surface area contributed by atoms with Crippen LogP contribution in [0.15, 0.2) is 54.6 Å². The van der Waals surface area contributed by atoms with E-state index in [0.29, 0.717) is 18.0 Å². The fourth-order valence-corrected chi connectivity index (χ4v) is 2.29. The highest BCUT2D eigenvalue weighted by Gasteiger charge is 2.20. The first kappa shape index (κ1) is 15.6. The molecule has 0 unspecified atom stereocenters. The Labute approximate surface area is 131 Å². The lowest BCUT2D eigenvalue weighted by Gasteiger charge is -2.25. The predicted octanol–water partition coefficient (Wildman–Crippen LogP) is 3.98. The average molecular weight is 302 g/mol. The molecule has 2 aromatic carbocycles. The lowest BCUT2D eigenvalue weighted by Crippen LogP contribution is -2.37. The molecule has 0 saturated heterocycles. The summed E-state index contributed by atoms with van der Waals surface area (Å²) < 4.78 is 0. The number of carbonyl (C=O) groups excluding carboxylic acids is 1. The summed E-state index contributed by atoms with van der Waals surface area (Å²) in [6, 6.07) is 17.6. The second kappa shape index (κ2) is 6.77. The smallest absolute Gasteiger partial charge is 0.224 e. The van der Waals surface area contributed by atoms with Crippen LogP contribution in [0.3, 0.4) is 0 Å². The molecule has 21 heavy (non-hydrogen) atoms. The van der Waals surface area contributed by atoms with Crippen LogP contribution >= 0.6 is 11.6 Å². The molecule has 0 fully saturated rings. The maximum absolute atomic E-state index is 12.0. The molecular formula is C18H20ClNO. The van der Waals surface area contributed by atoms with Crippen molar-refractivity contribution in [2.24, 2.45) is 0 Å². The van der Waals surface area contributed by atoms with Crippen molar-refractivity contribution in [2.45, 2.75) is 25.7 Å². The first-order valence-electron chi connectivity index (χ1n) is 7.04. The topological polar surface area (TPSA) is 29.1 Å². The summed E-state index contributed by atoms with van der Waals surface area (Å²) in [4.78, 5) is 12.0. The zero-order valence-corrected chi connectivity index (χ0v) is 13.2. The van der Waals surface area contributed by atoms with Crippen molar-refractivity contribution in [1.82, 2.24) is 5.32 Å². The van der Waals surface area contributed by atoms with Gasteiger partial charge in [0.2, 0.25) is 5.91 Å². The minimum Gasteiger partial charge on any atom is -0.355 e. The van der Waals surface area contributed by atoms with Crippen molar-refractivity contribution in [3.63, 3.8) is 0 Å². The molecule has 110 valence electrons. The first-order chi connectivity index (χ1) is 9.97. The van der Waals surface area contributed by atoms with Crippen LogP contribution in [0.1, 0.15) is 25.0 Å². The third-order valence-corrected chi connectivity index (χ3v) is 3.81. The number of hydrogen-bond acceptors (Lipinski definition) is 1. The number of benzene rings is 2. The number of nitrogens with one attached hydrogen (secondary N) is 1. The van der Waals surface area contributed by atoms with Gasteiger partial charge in [-0.3, -0.25) is 4.79 Å². The molecular weight excluding hydrogens is 282 g/mol. The van der Waals surface area contributed by atoms with Crippen LogP contribution in [0.5, 0.6) is 0 Å². The maximum atomic E-state index is 12.0. The van der Waals surface area contributed by atoms with Crippen molar-refractivity contribution in [1.29, 1.82) is 0 Å². The molecule has 2 rings (SSSR count). The van der Waals surface area contributed by atoms with Crippen LogP contribution in [0.2, 0.25) is 5.02 Å². The monoisotopic (exact) mass is 301 g/mol. The van der Waals surface area contributed by atoms with Gasteiger partial charge in [-0.1, -0.05) is 67.9 Å². The summed E-state index contributed by atoms with van der Waals surface area (Å²) in [6.07, 6.45) is 0.377. The van der Waals surface area contributed by atoms with E-state index >= 15 is 0 Å². The minimum atomic E-state index is -0.0864. The summed E-state index contributed by atoms with van der Waals surface area (Å²) in [5.74, 6) is 0.0290. The Morgan fingerprint density at radius 3 is 2.29 bits per heavy atom. The maximum Gasteiger partial charge on any atom is 0.224 e. The SMILES string of the molecule is CC(C)(CNC(=O)Cc1ccc(Cl)cc1)c1ccccc1. The number of rotatable bonds is 5. The Balaban J connectivity index is 1.90. The highest BCUT2D eigenvalue weighted by atomic mass is 35.5. The van der Waals surface area contributed by atoms with Crippen LogP contribution in [-0.4, -0.2) is 12.5 Å². The highest BCUT2D eigenvalue weighted by molar-refractivity contribution is 6.30. The number of hydrogen-bond donors (Lipinski definition) is 1. The number of halogens is 1. The van der Waals surface area contributed by atoms with E-state index < -0.39 is 0 Å². The molecule has 0 aliphatic rings. The Hall–Kier alpha value is -1.80. The largest absolute Gasteiger partial charge is 0.355 e. The van der Waals surface area contributed by atoms with Gasteiger partial charge >= 0.3 is 0 Å². The summed E-state index contributed by atoms with van der Waals surface area (Å²) in [6.45, 7) is 4.87. The van der Waals surface area contributed by atoms with Gasteiger partial charge < -0.3 is 5.32 Å². The van der Waals surface area contributed by atoms with Crippen LogP contribution in [0.25, 0.3) is 0 Å². The van der Waals surface area contributed by atoms with Gasteiger partial charge in [0, 0.05) is 17.0 Å². The Morgan fingerprint density at radius 2 is 1.67 bits per heavy atom. The van der Waals surface area contributed by atoms with E-state index in [-0.39, 0.29) is 11.3 Å². The standard InChI is InChI=1S/C18H20ClNO/c1-18(2,15-6-4-3-5-7-15)13-20-17(21)12-14-8-10-16(19)11-9-14/h3-11H,12-13H2,1-2H3,(H,20,21). The van der Waals surface area contributed by atoms with Gasteiger partial charge in [-0.15, -0.1) is 0 Å². The Morgan fingerprint density at radius 1 is 1.05 bits per heavy atom. The van der Waals surface area contributed by atoms with E-state index in [1.807, 2.05) is 30.3 Å². The van der Waals surface area contributed by atoms with Gasteiger partial charge in [-0.05, 0) is 23.3 Å².